The van der Waals surface area contributed by atoms with Gasteiger partial charge in [-0.05, 0) is 31.5 Å². The van der Waals surface area contributed by atoms with Gasteiger partial charge in [-0.15, -0.1) is 0 Å². The lowest BCUT2D eigenvalue weighted by Crippen LogP contribution is -2.23. The van der Waals surface area contributed by atoms with Gasteiger partial charge < -0.3 is 20.5 Å². The highest BCUT2D eigenvalue weighted by Gasteiger charge is 2.28. The van der Waals surface area contributed by atoms with E-state index >= 15 is 0 Å². The van der Waals surface area contributed by atoms with Gasteiger partial charge in [-0.3, -0.25) is 4.79 Å². The smallest absolute Gasteiger partial charge is 0.229 e. The number of anilines is 2. The molecule has 1 amide bonds. The van der Waals surface area contributed by atoms with Crippen molar-refractivity contribution in [3.05, 3.63) is 18.2 Å². The van der Waals surface area contributed by atoms with Gasteiger partial charge in [0.2, 0.25) is 5.91 Å². The third kappa shape index (κ3) is 2.73. The SMILES string of the molecule is COc1ccc(NC(=O)C2COC(C)C2)cc1N. The van der Waals surface area contributed by atoms with Crippen molar-refractivity contribution < 1.29 is 14.3 Å². The summed E-state index contributed by atoms with van der Waals surface area (Å²) in [5.74, 6) is 0.498. The van der Waals surface area contributed by atoms with E-state index < -0.39 is 0 Å². The minimum atomic E-state index is -0.0803. The van der Waals surface area contributed by atoms with Gasteiger partial charge >= 0.3 is 0 Å². The van der Waals surface area contributed by atoms with Crippen LogP contribution in [-0.4, -0.2) is 25.7 Å². The molecule has 0 saturated carbocycles. The Morgan fingerprint density at radius 2 is 2.33 bits per heavy atom. The molecule has 98 valence electrons. The van der Waals surface area contributed by atoms with Crippen molar-refractivity contribution in [2.45, 2.75) is 19.4 Å². The summed E-state index contributed by atoms with van der Waals surface area (Å²) in [5.41, 5.74) is 6.97. The third-order valence-corrected chi connectivity index (χ3v) is 3.07. The molecule has 0 aliphatic carbocycles. The van der Waals surface area contributed by atoms with Gasteiger partial charge in [-0.25, -0.2) is 0 Å². The van der Waals surface area contributed by atoms with Gasteiger partial charge in [0, 0.05) is 5.69 Å². The predicted octanol–water partition coefficient (Wildman–Crippen LogP) is 1.64. The van der Waals surface area contributed by atoms with Crippen LogP contribution in [0.15, 0.2) is 18.2 Å². The van der Waals surface area contributed by atoms with E-state index in [-0.39, 0.29) is 17.9 Å². The quantitative estimate of drug-likeness (QED) is 0.800. The van der Waals surface area contributed by atoms with Crippen LogP contribution in [0.4, 0.5) is 11.4 Å². The summed E-state index contributed by atoms with van der Waals surface area (Å²) >= 11 is 0. The number of amides is 1. The lowest BCUT2D eigenvalue weighted by Gasteiger charge is -2.11. The third-order valence-electron chi connectivity index (χ3n) is 3.07. The van der Waals surface area contributed by atoms with Crippen LogP contribution < -0.4 is 15.8 Å². The van der Waals surface area contributed by atoms with Crippen molar-refractivity contribution in [2.75, 3.05) is 24.8 Å². The molecule has 1 aliphatic heterocycles. The zero-order valence-corrected chi connectivity index (χ0v) is 10.6. The minimum Gasteiger partial charge on any atom is -0.495 e. The van der Waals surface area contributed by atoms with Crippen LogP contribution in [0.5, 0.6) is 5.75 Å². The van der Waals surface area contributed by atoms with Gasteiger partial charge in [0.25, 0.3) is 0 Å². The number of ether oxygens (including phenoxy) is 2. The Kier molecular flexibility index (Phi) is 3.72. The first-order chi connectivity index (χ1) is 8.60. The van der Waals surface area contributed by atoms with Gasteiger partial charge in [-0.1, -0.05) is 0 Å². The van der Waals surface area contributed by atoms with E-state index in [1.54, 1.807) is 25.3 Å². The van der Waals surface area contributed by atoms with E-state index in [0.29, 0.717) is 23.7 Å². The van der Waals surface area contributed by atoms with Crippen LogP contribution in [0.2, 0.25) is 0 Å². The molecule has 5 heteroatoms. The van der Waals surface area contributed by atoms with E-state index in [2.05, 4.69) is 5.32 Å². The minimum absolute atomic E-state index is 0.0242. The summed E-state index contributed by atoms with van der Waals surface area (Å²) in [5, 5.41) is 2.84. The van der Waals surface area contributed by atoms with Crippen molar-refractivity contribution >= 4 is 17.3 Å². The van der Waals surface area contributed by atoms with Gasteiger partial charge in [-0.2, -0.15) is 0 Å². The number of rotatable bonds is 3. The number of hydrogen-bond donors (Lipinski definition) is 2. The molecule has 0 aromatic heterocycles. The highest BCUT2D eigenvalue weighted by atomic mass is 16.5. The number of carbonyl (C=O) groups is 1. The zero-order valence-electron chi connectivity index (χ0n) is 10.6. The van der Waals surface area contributed by atoms with Crippen LogP contribution in [0.3, 0.4) is 0 Å². The van der Waals surface area contributed by atoms with Crippen molar-refractivity contribution in [1.82, 2.24) is 0 Å². The van der Waals surface area contributed by atoms with E-state index in [0.717, 1.165) is 6.42 Å². The van der Waals surface area contributed by atoms with Gasteiger partial charge in [0.15, 0.2) is 0 Å². The second-order valence-electron chi connectivity index (χ2n) is 4.52. The Labute approximate surface area is 106 Å². The maximum atomic E-state index is 12.0. The molecule has 3 N–H and O–H groups in total. The summed E-state index contributed by atoms with van der Waals surface area (Å²) in [6, 6.07) is 5.20. The summed E-state index contributed by atoms with van der Waals surface area (Å²) < 4.78 is 10.4. The number of nitrogens with one attached hydrogen (secondary N) is 1. The Balaban J connectivity index is 2.01. The normalized spacial score (nSPS) is 22.8. The summed E-state index contributed by atoms with van der Waals surface area (Å²) in [7, 11) is 1.56. The van der Waals surface area contributed by atoms with Crippen LogP contribution in [0.25, 0.3) is 0 Å². The average Bonchev–Trinajstić information content (AvgIpc) is 2.76. The molecule has 0 radical (unpaired) electrons. The molecule has 1 aromatic carbocycles. The van der Waals surface area contributed by atoms with Crippen LogP contribution >= 0.6 is 0 Å². The van der Waals surface area contributed by atoms with Crippen molar-refractivity contribution in [3.63, 3.8) is 0 Å². The van der Waals surface area contributed by atoms with E-state index in [9.17, 15) is 4.79 Å². The maximum Gasteiger partial charge on any atom is 0.229 e. The largest absolute Gasteiger partial charge is 0.495 e. The Morgan fingerprint density at radius 3 is 2.89 bits per heavy atom. The van der Waals surface area contributed by atoms with Crippen LogP contribution in [-0.2, 0) is 9.53 Å². The molecular weight excluding hydrogens is 232 g/mol. The highest BCUT2D eigenvalue weighted by Crippen LogP contribution is 2.26. The number of benzene rings is 1. The molecule has 2 atom stereocenters. The second-order valence-corrected chi connectivity index (χ2v) is 4.52. The first kappa shape index (κ1) is 12.7. The molecule has 1 fully saturated rings. The fraction of sp³-hybridized carbons (Fsp3) is 0.462. The highest BCUT2D eigenvalue weighted by molar-refractivity contribution is 5.93. The fourth-order valence-corrected chi connectivity index (χ4v) is 2.06. The van der Waals surface area contributed by atoms with Crippen LogP contribution in [0, 0.1) is 5.92 Å². The Hall–Kier alpha value is -1.75. The second kappa shape index (κ2) is 5.27. The van der Waals surface area contributed by atoms with Gasteiger partial charge in [0.05, 0.1) is 31.4 Å². The number of carbonyl (C=O) groups excluding carboxylic acids is 1. The van der Waals surface area contributed by atoms with E-state index in [1.165, 1.54) is 0 Å². The molecule has 1 aliphatic rings. The zero-order chi connectivity index (χ0) is 13.1. The van der Waals surface area contributed by atoms with E-state index in [4.69, 9.17) is 15.2 Å². The predicted molar refractivity (Wildman–Crippen MR) is 69.6 cm³/mol. The first-order valence-electron chi connectivity index (χ1n) is 5.96. The lowest BCUT2D eigenvalue weighted by atomic mass is 10.1. The molecule has 0 spiro atoms. The van der Waals surface area contributed by atoms with Crippen molar-refractivity contribution in [2.24, 2.45) is 5.92 Å². The number of nitrogens with two attached hydrogens (primary N) is 1. The standard InChI is InChI=1S/C13H18N2O3/c1-8-5-9(7-18-8)13(16)15-10-3-4-12(17-2)11(14)6-10/h3-4,6,8-9H,5,7,14H2,1-2H3,(H,15,16). The summed E-state index contributed by atoms with van der Waals surface area (Å²) in [4.78, 5) is 12.0. The molecule has 1 saturated heterocycles. The molecular formula is C13H18N2O3. The average molecular weight is 250 g/mol. The summed E-state index contributed by atoms with van der Waals surface area (Å²) in [6.07, 6.45) is 0.916. The van der Waals surface area contributed by atoms with Crippen molar-refractivity contribution in [1.29, 1.82) is 0 Å². The molecule has 1 heterocycles. The molecule has 0 bridgehead atoms. The Morgan fingerprint density at radius 1 is 1.56 bits per heavy atom. The monoisotopic (exact) mass is 250 g/mol. The van der Waals surface area contributed by atoms with E-state index in [1.807, 2.05) is 6.92 Å². The lowest BCUT2D eigenvalue weighted by molar-refractivity contribution is -0.119. The number of nitrogen functional groups attached to an aromatic ring is 1. The maximum absolute atomic E-state index is 12.0. The molecule has 18 heavy (non-hydrogen) atoms. The molecule has 1 aromatic rings. The summed E-state index contributed by atoms with van der Waals surface area (Å²) in [6.45, 7) is 2.46. The molecule has 2 rings (SSSR count). The fourth-order valence-electron chi connectivity index (χ4n) is 2.06. The van der Waals surface area contributed by atoms with Crippen molar-refractivity contribution in [3.8, 4) is 5.75 Å². The number of methoxy groups -OCH3 is 1. The Bertz CT molecular complexity index is 448. The number of hydrogen-bond acceptors (Lipinski definition) is 4. The van der Waals surface area contributed by atoms with Gasteiger partial charge in [0.1, 0.15) is 5.75 Å². The first-order valence-corrected chi connectivity index (χ1v) is 5.96. The topological polar surface area (TPSA) is 73.6 Å². The van der Waals surface area contributed by atoms with Crippen LogP contribution in [0.1, 0.15) is 13.3 Å². The molecule has 5 nitrogen and oxygen atoms in total. The molecule has 2 unspecified atom stereocenters.